The Morgan fingerprint density at radius 2 is 1.93 bits per heavy atom. The molecule has 0 fully saturated rings. The number of hydrogen-bond donors (Lipinski definition) is 1. The predicted molar refractivity (Wildman–Crippen MR) is 110 cm³/mol. The number of nitrogens with two attached hydrogens (primary N) is 1. The second-order valence-corrected chi connectivity index (χ2v) is 9.24. The molecule has 0 unspecified atom stereocenters. The van der Waals surface area contributed by atoms with Crippen molar-refractivity contribution >= 4 is 34.5 Å². The number of rotatable bonds is 5. The second-order valence-electron chi connectivity index (χ2n) is 7.16. The smallest absolute Gasteiger partial charge is 0.329 e. The standard InChI is InChI=1S/C18H21ClFN5O2S/c1-18(2,9-21)28-16-22-14-13(15(26)24(4)17(27)23(14)3)25(16)8-10-5-6-11(20)7-12(10)19/h5-7H,8-9,21H2,1-4H3. The summed E-state index contributed by atoms with van der Waals surface area (Å²) < 4.78 is 17.2. The third-order valence-corrected chi connectivity index (χ3v) is 6.08. The van der Waals surface area contributed by atoms with Crippen molar-refractivity contribution in [2.45, 2.75) is 30.3 Å². The summed E-state index contributed by atoms with van der Waals surface area (Å²) in [6.45, 7) is 4.51. The van der Waals surface area contributed by atoms with Crippen LogP contribution in [0.2, 0.25) is 5.02 Å². The third-order valence-electron chi connectivity index (χ3n) is 4.52. The zero-order valence-corrected chi connectivity index (χ0v) is 17.6. The fourth-order valence-corrected chi connectivity index (χ4v) is 3.96. The van der Waals surface area contributed by atoms with Crippen molar-refractivity contribution in [3.8, 4) is 0 Å². The summed E-state index contributed by atoms with van der Waals surface area (Å²) in [6, 6.07) is 4.10. The largest absolute Gasteiger partial charge is 0.332 e. The predicted octanol–water partition coefficient (Wildman–Crippen LogP) is 2.10. The minimum absolute atomic E-state index is 0.200. The first kappa shape index (κ1) is 20.6. The Balaban J connectivity index is 2.30. The molecule has 3 rings (SSSR count). The Hall–Kier alpha value is -2.10. The minimum Gasteiger partial charge on any atom is -0.329 e. The summed E-state index contributed by atoms with van der Waals surface area (Å²) in [4.78, 5) is 29.7. The van der Waals surface area contributed by atoms with Crippen LogP contribution in [0.1, 0.15) is 19.4 Å². The van der Waals surface area contributed by atoms with Crippen LogP contribution in [0.15, 0.2) is 32.9 Å². The molecule has 150 valence electrons. The Labute approximate surface area is 169 Å². The van der Waals surface area contributed by atoms with E-state index in [0.29, 0.717) is 17.3 Å². The van der Waals surface area contributed by atoms with Gasteiger partial charge in [-0.15, -0.1) is 0 Å². The minimum atomic E-state index is -0.461. The van der Waals surface area contributed by atoms with Crippen molar-refractivity contribution in [1.82, 2.24) is 18.7 Å². The van der Waals surface area contributed by atoms with Crippen LogP contribution in [0.4, 0.5) is 4.39 Å². The molecule has 0 spiro atoms. The van der Waals surface area contributed by atoms with Gasteiger partial charge in [-0.25, -0.2) is 14.2 Å². The van der Waals surface area contributed by atoms with Crippen LogP contribution in [-0.2, 0) is 20.6 Å². The molecule has 0 bridgehead atoms. The van der Waals surface area contributed by atoms with Crippen molar-refractivity contribution in [3.63, 3.8) is 0 Å². The van der Waals surface area contributed by atoms with Crippen LogP contribution < -0.4 is 17.0 Å². The van der Waals surface area contributed by atoms with E-state index in [1.165, 1.54) is 35.5 Å². The molecule has 2 N–H and O–H groups in total. The summed E-state index contributed by atoms with van der Waals surface area (Å²) in [7, 11) is 2.98. The maximum Gasteiger partial charge on any atom is 0.332 e. The van der Waals surface area contributed by atoms with E-state index in [9.17, 15) is 14.0 Å². The molecule has 2 heterocycles. The number of halogens is 2. The fraction of sp³-hybridized carbons (Fsp3) is 0.389. The zero-order valence-electron chi connectivity index (χ0n) is 16.0. The SMILES string of the molecule is Cn1c(=O)c2c(nc(SC(C)(C)CN)n2Cc2ccc(F)cc2Cl)n(C)c1=O. The van der Waals surface area contributed by atoms with Crippen molar-refractivity contribution in [2.75, 3.05) is 6.54 Å². The van der Waals surface area contributed by atoms with Gasteiger partial charge in [0.25, 0.3) is 5.56 Å². The fourth-order valence-electron chi connectivity index (χ4n) is 2.76. The highest BCUT2D eigenvalue weighted by Crippen LogP contribution is 2.33. The lowest BCUT2D eigenvalue weighted by Crippen LogP contribution is -2.37. The van der Waals surface area contributed by atoms with Gasteiger partial charge in [-0.3, -0.25) is 13.9 Å². The number of thioether (sulfide) groups is 1. The quantitative estimate of drug-likeness (QED) is 0.632. The third kappa shape index (κ3) is 3.61. The van der Waals surface area contributed by atoms with Crippen molar-refractivity contribution in [1.29, 1.82) is 0 Å². The summed E-state index contributed by atoms with van der Waals surface area (Å²) in [5.41, 5.74) is 6.13. The van der Waals surface area contributed by atoms with Crippen LogP contribution in [0, 0.1) is 5.82 Å². The Kier molecular flexibility index (Phi) is 5.44. The molecule has 1 aromatic carbocycles. The van der Waals surface area contributed by atoms with E-state index in [-0.39, 0.29) is 27.5 Å². The monoisotopic (exact) mass is 425 g/mol. The zero-order chi connectivity index (χ0) is 20.8. The molecule has 0 amide bonds. The Morgan fingerprint density at radius 1 is 1.25 bits per heavy atom. The van der Waals surface area contributed by atoms with Gasteiger partial charge in [0, 0.05) is 30.4 Å². The van der Waals surface area contributed by atoms with Crippen LogP contribution >= 0.6 is 23.4 Å². The van der Waals surface area contributed by atoms with Gasteiger partial charge in [0.2, 0.25) is 0 Å². The van der Waals surface area contributed by atoms with Crippen LogP contribution in [-0.4, -0.2) is 30.0 Å². The first-order valence-electron chi connectivity index (χ1n) is 8.55. The average Bonchev–Trinajstić information content (AvgIpc) is 2.98. The normalized spacial score (nSPS) is 12.1. The lowest BCUT2D eigenvalue weighted by Gasteiger charge is -2.21. The second kappa shape index (κ2) is 7.38. The summed E-state index contributed by atoms with van der Waals surface area (Å²) in [6.07, 6.45) is 0. The van der Waals surface area contributed by atoms with Gasteiger partial charge in [-0.2, -0.15) is 0 Å². The molecule has 0 aliphatic heterocycles. The Bertz CT molecular complexity index is 1180. The highest BCUT2D eigenvalue weighted by atomic mass is 35.5. The molecule has 0 radical (unpaired) electrons. The summed E-state index contributed by atoms with van der Waals surface area (Å²) >= 11 is 7.60. The first-order valence-corrected chi connectivity index (χ1v) is 9.74. The maximum atomic E-state index is 13.4. The van der Waals surface area contributed by atoms with E-state index in [4.69, 9.17) is 17.3 Å². The molecule has 0 aliphatic carbocycles. The lowest BCUT2D eigenvalue weighted by atomic mass is 10.2. The summed E-state index contributed by atoms with van der Waals surface area (Å²) in [5, 5.41) is 0.779. The van der Waals surface area contributed by atoms with E-state index in [0.717, 1.165) is 4.57 Å². The van der Waals surface area contributed by atoms with E-state index in [1.807, 2.05) is 13.8 Å². The van der Waals surface area contributed by atoms with Gasteiger partial charge in [-0.05, 0) is 31.5 Å². The number of aromatic nitrogens is 4. The molecule has 3 aromatic rings. The lowest BCUT2D eigenvalue weighted by molar-refractivity contribution is 0.625. The summed E-state index contributed by atoms with van der Waals surface area (Å²) in [5.74, 6) is -0.443. The molecule has 0 saturated heterocycles. The molecule has 10 heteroatoms. The first-order chi connectivity index (χ1) is 13.1. The number of fused-ring (bicyclic) bond motifs is 1. The van der Waals surface area contributed by atoms with Gasteiger partial charge < -0.3 is 10.3 Å². The van der Waals surface area contributed by atoms with Crippen LogP contribution in [0.5, 0.6) is 0 Å². The van der Waals surface area contributed by atoms with Gasteiger partial charge >= 0.3 is 5.69 Å². The van der Waals surface area contributed by atoms with Crippen LogP contribution in [0.25, 0.3) is 11.2 Å². The van der Waals surface area contributed by atoms with Gasteiger partial charge in [0.15, 0.2) is 16.3 Å². The number of imidazole rings is 1. The highest BCUT2D eigenvalue weighted by molar-refractivity contribution is 8.00. The highest BCUT2D eigenvalue weighted by Gasteiger charge is 2.25. The molecular formula is C18H21ClFN5O2S. The Morgan fingerprint density at radius 3 is 2.54 bits per heavy atom. The molecule has 28 heavy (non-hydrogen) atoms. The van der Waals surface area contributed by atoms with Crippen molar-refractivity contribution in [2.24, 2.45) is 19.8 Å². The van der Waals surface area contributed by atoms with Gasteiger partial charge in [-0.1, -0.05) is 29.4 Å². The molecule has 0 aliphatic rings. The molecule has 7 nitrogen and oxygen atoms in total. The average molecular weight is 426 g/mol. The van der Waals surface area contributed by atoms with E-state index in [1.54, 1.807) is 17.7 Å². The van der Waals surface area contributed by atoms with E-state index >= 15 is 0 Å². The molecule has 2 aromatic heterocycles. The molecule has 0 saturated carbocycles. The van der Waals surface area contributed by atoms with E-state index < -0.39 is 17.1 Å². The molecule has 0 atom stereocenters. The number of hydrogen-bond acceptors (Lipinski definition) is 5. The van der Waals surface area contributed by atoms with Crippen molar-refractivity contribution < 1.29 is 4.39 Å². The topological polar surface area (TPSA) is 87.8 Å². The number of benzene rings is 1. The van der Waals surface area contributed by atoms with Gasteiger partial charge in [0.05, 0.1) is 6.54 Å². The molecular weight excluding hydrogens is 405 g/mol. The van der Waals surface area contributed by atoms with Crippen LogP contribution in [0.3, 0.4) is 0 Å². The van der Waals surface area contributed by atoms with E-state index in [2.05, 4.69) is 4.98 Å². The number of aryl methyl sites for hydroxylation is 1. The maximum absolute atomic E-state index is 13.4. The van der Waals surface area contributed by atoms with Crippen molar-refractivity contribution in [3.05, 3.63) is 55.4 Å². The van der Waals surface area contributed by atoms with Gasteiger partial charge in [0.1, 0.15) is 5.82 Å². The number of nitrogens with zero attached hydrogens (tertiary/aromatic N) is 4.